The van der Waals surface area contributed by atoms with E-state index in [0.29, 0.717) is 65.3 Å². The maximum atomic E-state index is 14.4. The molecule has 1 amide bonds. The predicted octanol–water partition coefficient (Wildman–Crippen LogP) is 7.06. The fourth-order valence-electron chi connectivity index (χ4n) is 4.86. The van der Waals surface area contributed by atoms with Crippen LogP contribution < -0.4 is 4.74 Å². The monoisotopic (exact) mass is 578 g/mol. The smallest absolute Gasteiger partial charge is 0.410 e. The first-order valence-corrected chi connectivity index (χ1v) is 17.5. The Balaban J connectivity index is 1.84. The Labute approximate surface area is 242 Å². The molecule has 0 spiro atoms. The van der Waals surface area contributed by atoms with E-state index in [0.717, 1.165) is 11.6 Å². The Kier molecular flexibility index (Phi) is 8.90. The van der Waals surface area contributed by atoms with Crippen LogP contribution in [0.1, 0.15) is 38.4 Å². The molecule has 0 saturated carbocycles. The molecule has 0 unspecified atom stereocenters. The second kappa shape index (κ2) is 12.0. The number of methoxy groups -OCH3 is 1. The molecule has 10 heteroatoms. The number of hydrogen-bond acceptors (Lipinski definition) is 6. The summed E-state index contributed by atoms with van der Waals surface area (Å²) in [4.78, 5) is 19.0. The average molecular weight is 579 g/mol. The van der Waals surface area contributed by atoms with Crippen LogP contribution in [0.25, 0.3) is 27.7 Å². The third-order valence-electron chi connectivity index (χ3n) is 6.89. The molecule has 2 aromatic heterocycles. The van der Waals surface area contributed by atoms with E-state index in [1.807, 2.05) is 31.4 Å². The van der Waals surface area contributed by atoms with E-state index in [1.165, 1.54) is 19.2 Å². The number of carbonyl (C=O) groups excluding carboxylic acids is 1. The average Bonchev–Trinajstić information content (AvgIpc) is 3.23. The normalized spacial score (nSPS) is 14.1. The number of amides is 1. The molecule has 1 aliphatic rings. The van der Waals surface area contributed by atoms with Gasteiger partial charge in [-0.3, -0.25) is 0 Å². The number of ether oxygens (including phenoxy) is 3. The van der Waals surface area contributed by atoms with Crippen LogP contribution >= 0.6 is 0 Å². The fourth-order valence-corrected chi connectivity index (χ4v) is 5.61. The van der Waals surface area contributed by atoms with Gasteiger partial charge in [0.1, 0.15) is 35.6 Å². The van der Waals surface area contributed by atoms with Gasteiger partial charge in [-0.25, -0.2) is 14.2 Å². The van der Waals surface area contributed by atoms with Crippen molar-refractivity contribution in [3.05, 3.63) is 53.6 Å². The number of nitriles is 1. The first kappa shape index (κ1) is 30.3. The molecule has 0 atom stereocenters. The molecule has 0 aliphatic carbocycles. The van der Waals surface area contributed by atoms with E-state index in [1.54, 1.807) is 23.2 Å². The maximum Gasteiger partial charge on any atom is 0.410 e. The van der Waals surface area contributed by atoms with Gasteiger partial charge in [-0.15, -0.1) is 0 Å². The molecule has 0 bridgehead atoms. The van der Waals surface area contributed by atoms with Crippen molar-refractivity contribution < 1.29 is 23.4 Å². The standard InChI is InChI=1S/C31H39FN4O4Si/c1-31(2,3)40-30(37)35-14-11-21(12-15-35)28-25(19-33)27-23(24-18-22(32)8-9-26(24)38-4)10-13-34-29(27)36(28)20-39-16-17-41(5,6)7/h8-11,13,18H,12,14-17,20H2,1-7H3. The zero-order chi connectivity index (χ0) is 29.9. The highest BCUT2D eigenvalue weighted by Gasteiger charge is 2.29. The van der Waals surface area contributed by atoms with Gasteiger partial charge in [-0.05, 0) is 68.6 Å². The van der Waals surface area contributed by atoms with Gasteiger partial charge >= 0.3 is 6.09 Å². The van der Waals surface area contributed by atoms with E-state index < -0.39 is 19.5 Å². The van der Waals surface area contributed by atoms with E-state index in [4.69, 9.17) is 14.2 Å². The van der Waals surface area contributed by atoms with Crippen molar-refractivity contribution >= 4 is 30.8 Å². The van der Waals surface area contributed by atoms with Gasteiger partial charge in [-0.2, -0.15) is 5.26 Å². The molecule has 0 N–H and O–H groups in total. The maximum absolute atomic E-state index is 14.4. The second-order valence-electron chi connectivity index (χ2n) is 12.4. The summed E-state index contributed by atoms with van der Waals surface area (Å²) in [5.74, 6) is 0.0872. The lowest BCUT2D eigenvalue weighted by Crippen LogP contribution is -2.39. The molecule has 0 saturated heterocycles. The van der Waals surface area contributed by atoms with Gasteiger partial charge in [-0.1, -0.05) is 25.7 Å². The largest absolute Gasteiger partial charge is 0.496 e. The SMILES string of the molecule is COc1ccc(F)cc1-c1ccnc2c1c(C#N)c(C1=CCN(C(=O)OC(C)(C)C)CC1)n2COCC[Si](C)(C)C. The summed E-state index contributed by atoms with van der Waals surface area (Å²) in [6.07, 6.45) is 3.78. The molecule has 3 aromatic rings. The van der Waals surface area contributed by atoms with Crippen LogP contribution in [0.2, 0.25) is 25.7 Å². The number of halogens is 1. The molecule has 3 heterocycles. The van der Waals surface area contributed by atoms with E-state index in [9.17, 15) is 14.4 Å². The zero-order valence-electron chi connectivity index (χ0n) is 25.0. The van der Waals surface area contributed by atoms with Crippen molar-refractivity contribution in [3.63, 3.8) is 0 Å². The van der Waals surface area contributed by atoms with Gasteiger partial charge in [0, 0.05) is 44.9 Å². The molecular weight excluding hydrogens is 539 g/mol. The van der Waals surface area contributed by atoms with Crippen LogP contribution in [0.3, 0.4) is 0 Å². The first-order chi connectivity index (χ1) is 19.3. The Morgan fingerprint density at radius 2 is 1.95 bits per heavy atom. The van der Waals surface area contributed by atoms with Crippen molar-refractivity contribution in [2.24, 2.45) is 0 Å². The summed E-state index contributed by atoms with van der Waals surface area (Å²) in [5.41, 5.74) is 3.23. The third-order valence-corrected chi connectivity index (χ3v) is 8.59. The molecule has 41 heavy (non-hydrogen) atoms. The van der Waals surface area contributed by atoms with Crippen LogP contribution in [-0.4, -0.2) is 61.0 Å². The van der Waals surface area contributed by atoms with Crippen LogP contribution in [0, 0.1) is 17.1 Å². The topological polar surface area (TPSA) is 89.6 Å². The Morgan fingerprint density at radius 1 is 1.20 bits per heavy atom. The number of rotatable bonds is 8. The highest BCUT2D eigenvalue weighted by molar-refractivity contribution is 6.76. The third kappa shape index (κ3) is 6.97. The highest BCUT2D eigenvalue weighted by Crippen LogP contribution is 2.41. The summed E-state index contributed by atoms with van der Waals surface area (Å²) in [5, 5.41) is 11.1. The molecule has 1 aliphatic heterocycles. The minimum absolute atomic E-state index is 0.210. The number of carbonyl (C=O) groups is 1. The quantitative estimate of drug-likeness (QED) is 0.210. The van der Waals surface area contributed by atoms with Crippen LogP contribution in [0.4, 0.5) is 9.18 Å². The summed E-state index contributed by atoms with van der Waals surface area (Å²) in [6.45, 7) is 14.0. The molecule has 0 fully saturated rings. The Hall–Kier alpha value is -3.68. The summed E-state index contributed by atoms with van der Waals surface area (Å²) < 4.78 is 33.6. The first-order valence-electron chi connectivity index (χ1n) is 13.8. The summed E-state index contributed by atoms with van der Waals surface area (Å²) in [7, 11) is 0.221. The van der Waals surface area contributed by atoms with Crippen molar-refractivity contribution in [2.75, 3.05) is 26.8 Å². The Bertz CT molecular complexity index is 1510. The van der Waals surface area contributed by atoms with Crippen molar-refractivity contribution in [3.8, 4) is 22.9 Å². The van der Waals surface area contributed by atoms with Crippen LogP contribution in [0.5, 0.6) is 5.75 Å². The lowest BCUT2D eigenvalue weighted by Gasteiger charge is -2.30. The molecule has 1 aromatic carbocycles. The second-order valence-corrected chi connectivity index (χ2v) is 18.0. The number of hydrogen-bond donors (Lipinski definition) is 0. The van der Waals surface area contributed by atoms with Gasteiger partial charge < -0.3 is 23.7 Å². The van der Waals surface area contributed by atoms with E-state index in [-0.39, 0.29) is 12.8 Å². The number of benzene rings is 1. The fraction of sp³-hybridized carbons (Fsp3) is 0.452. The number of aromatic nitrogens is 2. The van der Waals surface area contributed by atoms with Gasteiger partial charge in [0.25, 0.3) is 0 Å². The van der Waals surface area contributed by atoms with Crippen LogP contribution in [0.15, 0.2) is 36.5 Å². The minimum atomic E-state index is -1.31. The van der Waals surface area contributed by atoms with Crippen LogP contribution in [-0.2, 0) is 16.2 Å². The van der Waals surface area contributed by atoms with Gasteiger partial charge in [0.05, 0.1) is 18.4 Å². The van der Waals surface area contributed by atoms with Gasteiger partial charge in [0.2, 0.25) is 0 Å². The number of nitrogens with zero attached hydrogens (tertiary/aromatic N) is 4. The summed E-state index contributed by atoms with van der Waals surface area (Å²) >= 11 is 0. The predicted molar refractivity (Wildman–Crippen MR) is 161 cm³/mol. The van der Waals surface area contributed by atoms with E-state index in [2.05, 4.69) is 30.7 Å². The zero-order valence-corrected chi connectivity index (χ0v) is 26.0. The number of fused-ring (bicyclic) bond motifs is 1. The lowest BCUT2D eigenvalue weighted by atomic mass is 9.96. The highest BCUT2D eigenvalue weighted by atomic mass is 28.3. The summed E-state index contributed by atoms with van der Waals surface area (Å²) in [6, 6.07) is 9.52. The van der Waals surface area contributed by atoms with Crippen molar-refractivity contribution in [1.29, 1.82) is 5.26 Å². The van der Waals surface area contributed by atoms with Crippen molar-refractivity contribution in [1.82, 2.24) is 14.5 Å². The molecular formula is C31H39FN4O4Si. The Morgan fingerprint density at radius 3 is 2.56 bits per heavy atom. The van der Waals surface area contributed by atoms with E-state index >= 15 is 0 Å². The molecule has 0 radical (unpaired) electrons. The molecule has 8 nitrogen and oxygen atoms in total. The van der Waals surface area contributed by atoms with Gasteiger partial charge in [0.15, 0.2) is 0 Å². The lowest BCUT2D eigenvalue weighted by molar-refractivity contribution is 0.0270. The molecule has 218 valence electrons. The van der Waals surface area contributed by atoms with Crippen molar-refractivity contribution in [2.45, 2.75) is 65.2 Å². The molecule has 4 rings (SSSR count). The minimum Gasteiger partial charge on any atom is -0.496 e. The number of pyridine rings is 1.